The van der Waals surface area contributed by atoms with Crippen LogP contribution in [0.2, 0.25) is 5.02 Å². The molecule has 0 aliphatic carbocycles. The van der Waals surface area contributed by atoms with Crippen molar-refractivity contribution in [1.29, 1.82) is 0 Å². The molecule has 1 aromatic rings. The van der Waals surface area contributed by atoms with Crippen LogP contribution in [-0.2, 0) is 17.6 Å². The number of halogens is 3. The topological polar surface area (TPSA) is 77.3 Å². The standard InChI is InChI=1S/C12H10Cl3NO4/c1-2-3-6-7(5-10(14)17)9(13)4-8(12(15)18)11(6)16(19)20/h4H,2-3,5H2,1H3. The van der Waals surface area contributed by atoms with Gasteiger partial charge in [-0.1, -0.05) is 24.9 Å². The predicted molar refractivity (Wildman–Crippen MR) is 76.8 cm³/mol. The summed E-state index contributed by atoms with van der Waals surface area (Å²) in [6.45, 7) is 1.80. The van der Waals surface area contributed by atoms with Crippen LogP contribution in [0.4, 0.5) is 5.69 Å². The SMILES string of the molecule is CCCc1c(CC(=O)Cl)c(Cl)cc(C(=O)Cl)c1[N+](=O)[O-]. The summed E-state index contributed by atoms with van der Waals surface area (Å²) in [6, 6.07) is 1.10. The normalized spacial score (nSPS) is 10.4. The monoisotopic (exact) mass is 337 g/mol. The Balaban J connectivity index is 3.69. The molecule has 20 heavy (non-hydrogen) atoms. The van der Waals surface area contributed by atoms with Crippen LogP contribution >= 0.6 is 34.8 Å². The first kappa shape index (κ1) is 16.9. The van der Waals surface area contributed by atoms with Crippen molar-refractivity contribution in [3.63, 3.8) is 0 Å². The number of hydrogen-bond acceptors (Lipinski definition) is 4. The van der Waals surface area contributed by atoms with Crippen LogP contribution in [0.1, 0.15) is 34.8 Å². The van der Waals surface area contributed by atoms with Crippen molar-refractivity contribution in [2.45, 2.75) is 26.2 Å². The summed E-state index contributed by atoms with van der Waals surface area (Å²) in [5.41, 5.74) is -0.204. The summed E-state index contributed by atoms with van der Waals surface area (Å²) in [5, 5.41) is 9.61. The van der Waals surface area contributed by atoms with E-state index in [0.29, 0.717) is 6.42 Å². The van der Waals surface area contributed by atoms with Gasteiger partial charge in [-0.05, 0) is 41.3 Å². The van der Waals surface area contributed by atoms with E-state index in [-0.39, 0.29) is 34.6 Å². The van der Waals surface area contributed by atoms with Gasteiger partial charge in [0, 0.05) is 17.0 Å². The number of nitro groups is 1. The summed E-state index contributed by atoms with van der Waals surface area (Å²) >= 11 is 16.7. The number of nitro benzene ring substituents is 1. The van der Waals surface area contributed by atoms with Crippen LogP contribution in [0.15, 0.2) is 6.07 Å². The van der Waals surface area contributed by atoms with E-state index >= 15 is 0 Å². The van der Waals surface area contributed by atoms with Crippen molar-refractivity contribution in [2.24, 2.45) is 0 Å². The lowest BCUT2D eigenvalue weighted by molar-refractivity contribution is -0.385. The molecule has 0 amide bonds. The van der Waals surface area contributed by atoms with Crippen molar-refractivity contribution >= 4 is 51.0 Å². The molecule has 0 saturated carbocycles. The molecule has 8 heteroatoms. The van der Waals surface area contributed by atoms with Crippen molar-refractivity contribution in [3.05, 3.63) is 37.9 Å². The Bertz CT molecular complexity index is 587. The third kappa shape index (κ3) is 3.69. The second kappa shape index (κ2) is 7.02. The fourth-order valence-corrected chi connectivity index (χ4v) is 2.51. The van der Waals surface area contributed by atoms with Crippen molar-refractivity contribution in [2.75, 3.05) is 0 Å². The number of carbonyl (C=O) groups excluding carboxylic acids is 2. The number of rotatable bonds is 6. The molecule has 0 spiro atoms. The molecule has 0 atom stereocenters. The predicted octanol–water partition coefficient (Wildman–Crippen LogP) is 3.89. The van der Waals surface area contributed by atoms with E-state index in [1.165, 1.54) is 0 Å². The van der Waals surface area contributed by atoms with E-state index in [4.69, 9.17) is 34.8 Å². The molecule has 1 aromatic carbocycles. The molecule has 108 valence electrons. The van der Waals surface area contributed by atoms with E-state index in [0.717, 1.165) is 6.07 Å². The first-order chi connectivity index (χ1) is 9.29. The summed E-state index contributed by atoms with van der Waals surface area (Å²) in [7, 11) is 0. The van der Waals surface area contributed by atoms with Crippen molar-refractivity contribution in [1.82, 2.24) is 0 Å². The van der Waals surface area contributed by atoms with Crippen LogP contribution in [0, 0.1) is 10.1 Å². The molecule has 0 aliphatic rings. The molecule has 0 bridgehead atoms. The Morgan fingerprint density at radius 1 is 1.30 bits per heavy atom. The highest BCUT2D eigenvalue weighted by molar-refractivity contribution is 6.68. The Hall–Kier alpha value is -1.17. The molecule has 5 nitrogen and oxygen atoms in total. The minimum Gasteiger partial charge on any atom is -0.281 e. The molecular formula is C12H10Cl3NO4. The van der Waals surface area contributed by atoms with Crippen LogP contribution in [0.5, 0.6) is 0 Å². The van der Waals surface area contributed by atoms with Gasteiger partial charge in [0.2, 0.25) is 5.24 Å². The molecule has 0 fully saturated rings. The quantitative estimate of drug-likeness (QED) is 0.448. The number of carbonyl (C=O) groups is 2. The van der Waals surface area contributed by atoms with Gasteiger partial charge in [-0.15, -0.1) is 0 Å². The minimum atomic E-state index is -0.972. The molecule has 0 N–H and O–H groups in total. The van der Waals surface area contributed by atoms with Gasteiger partial charge in [-0.2, -0.15) is 0 Å². The molecule has 0 aromatic heterocycles. The number of benzene rings is 1. The third-order valence-electron chi connectivity index (χ3n) is 2.67. The smallest absolute Gasteiger partial charge is 0.281 e. The van der Waals surface area contributed by atoms with E-state index in [1.54, 1.807) is 6.92 Å². The zero-order valence-corrected chi connectivity index (χ0v) is 12.7. The maximum absolute atomic E-state index is 11.3. The van der Waals surface area contributed by atoms with Gasteiger partial charge in [0.25, 0.3) is 10.9 Å². The van der Waals surface area contributed by atoms with Crippen molar-refractivity contribution < 1.29 is 14.5 Å². The van der Waals surface area contributed by atoms with Crippen LogP contribution in [0.3, 0.4) is 0 Å². The van der Waals surface area contributed by atoms with E-state index < -0.39 is 21.1 Å². The molecule has 0 aliphatic heterocycles. The lowest BCUT2D eigenvalue weighted by atomic mass is 9.95. The summed E-state index contributed by atoms with van der Waals surface area (Å²) in [5.74, 6) is 0. The second-order valence-electron chi connectivity index (χ2n) is 4.02. The zero-order chi connectivity index (χ0) is 15.4. The van der Waals surface area contributed by atoms with Crippen LogP contribution in [-0.4, -0.2) is 15.4 Å². The fraction of sp³-hybridized carbons (Fsp3) is 0.333. The Morgan fingerprint density at radius 3 is 2.30 bits per heavy atom. The van der Waals surface area contributed by atoms with Gasteiger partial charge in [0.15, 0.2) is 0 Å². The molecular weight excluding hydrogens is 328 g/mol. The Labute approximate surface area is 130 Å². The first-order valence-corrected chi connectivity index (χ1v) is 6.79. The van der Waals surface area contributed by atoms with Gasteiger partial charge in [-0.3, -0.25) is 19.7 Å². The van der Waals surface area contributed by atoms with Crippen LogP contribution < -0.4 is 0 Å². The van der Waals surface area contributed by atoms with Gasteiger partial charge in [0.05, 0.1) is 4.92 Å². The second-order valence-corrected chi connectivity index (χ2v) is 5.20. The molecule has 0 heterocycles. The average Bonchev–Trinajstić information content (AvgIpc) is 2.32. The highest BCUT2D eigenvalue weighted by Gasteiger charge is 2.28. The maximum atomic E-state index is 11.3. The molecule has 0 radical (unpaired) electrons. The zero-order valence-electron chi connectivity index (χ0n) is 10.4. The minimum absolute atomic E-state index is 0.0667. The van der Waals surface area contributed by atoms with Gasteiger partial charge in [0.1, 0.15) is 5.56 Å². The number of hydrogen-bond donors (Lipinski definition) is 0. The molecule has 1 rings (SSSR count). The fourth-order valence-electron chi connectivity index (χ4n) is 1.94. The van der Waals surface area contributed by atoms with Gasteiger partial charge >= 0.3 is 0 Å². The Kier molecular flexibility index (Phi) is 5.92. The summed E-state index contributed by atoms with van der Waals surface area (Å²) < 4.78 is 0. The van der Waals surface area contributed by atoms with Crippen LogP contribution in [0.25, 0.3) is 0 Å². The van der Waals surface area contributed by atoms with E-state index in [9.17, 15) is 19.7 Å². The lowest BCUT2D eigenvalue weighted by Gasteiger charge is -2.12. The summed E-state index contributed by atoms with van der Waals surface area (Å²) in [4.78, 5) is 32.9. The maximum Gasteiger partial charge on any atom is 0.285 e. The largest absolute Gasteiger partial charge is 0.285 e. The highest BCUT2D eigenvalue weighted by Crippen LogP contribution is 2.35. The first-order valence-electron chi connectivity index (χ1n) is 5.66. The van der Waals surface area contributed by atoms with E-state index in [2.05, 4.69) is 0 Å². The van der Waals surface area contributed by atoms with Gasteiger partial charge in [-0.25, -0.2) is 0 Å². The highest BCUT2D eigenvalue weighted by atomic mass is 35.5. The van der Waals surface area contributed by atoms with Crippen molar-refractivity contribution in [3.8, 4) is 0 Å². The lowest BCUT2D eigenvalue weighted by Crippen LogP contribution is -2.09. The average molecular weight is 339 g/mol. The van der Waals surface area contributed by atoms with E-state index in [1.807, 2.05) is 0 Å². The Morgan fingerprint density at radius 2 is 1.90 bits per heavy atom. The molecule has 0 saturated heterocycles. The third-order valence-corrected chi connectivity index (χ3v) is 3.35. The number of nitrogens with zero attached hydrogens (tertiary/aromatic N) is 1. The molecule has 0 unspecified atom stereocenters. The summed E-state index contributed by atoms with van der Waals surface area (Å²) in [6.07, 6.45) is 0.613. The van der Waals surface area contributed by atoms with Gasteiger partial charge < -0.3 is 0 Å².